The van der Waals surface area contributed by atoms with Crippen LogP contribution in [-0.2, 0) is 4.79 Å². The van der Waals surface area contributed by atoms with Crippen LogP contribution in [0.1, 0.15) is 55.3 Å². The Morgan fingerprint density at radius 2 is 2.25 bits per heavy atom. The van der Waals surface area contributed by atoms with Gasteiger partial charge in [0.25, 0.3) is 5.91 Å². The van der Waals surface area contributed by atoms with Crippen molar-refractivity contribution < 1.29 is 14.7 Å². The molecule has 2 aliphatic heterocycles. The topological polar surface area (TPSA) is 95.4 Å². The van der Waals surface area contributed by atoms with E-state index in [1.54, 1.807) is 17.2 Å². The van der Waals surface area contributed by atoms with E-state index in [9.17, 15) is 14.7 Å². The molecular weight excluding hydrogens is 308 g/mol. The lowest BCUT2D eigenvalue weighted by Crippen LogP contribution is -2.63. The van der Waals surface area contributed by atoms with Gasteiger partial charge >= 0.3 is 5.97 Å². The maximum Gasteiger partial charge on any atom is 0.313 e. The van der Waals surface area contributed by atoms with Gasteiger partial charge in [-0.3, -0.25) is 9.59 Å². The van der Waals surface area contributed by atoms with E-state index in [0.717, 1.165) is 13.0 Å². The molecule has 130 valence electrons. The molecule has 0 radical (unpaired) electrons. The van der Waals surface area contributed by atoms with E-state index in [1.807, 2.05) is 13.8 Å². The number of fused-ring (bicyclic) bond motifs is 1. The average Bonchev–Trinajstić information content (AvgIpc) is 2.60. The number of likely N-dealkylation sites (tertiary alicyclic amines) is 1. The quantitative estimate of drug-likeness (QED) is 0.865. The van der Waals surface area contributed by atoms with Crippen LogP contribution < -0.4 is 5.32 Å². The second-order valence-corrected chi connectivity index (χ2v) is 7.04. The first-order valence-corrected chi connectivity index (χ1v) is 8.53. The SMILES string of the molecule is CC(C)c1nccc(C(=O)N2CC[C@@H]3NCCC[C@@]3(C(=O)O)C2)n1. The minimum Gasteiger partial charge on any atom is -0.481 e. The van der Waals surface area contributed by atoms with Crippen molar-refractivity contribution in [2.75, 3.05) is 19.6 Å². The van der Waals surface area contributed by atoms with Gasteiger partial charge in [-0.2, -0.15) is 0 Å². The zero-order chi connectivity index (χ0) is 17.3. The number of aromatic nitrogens is 2. The second kappa shape index (κ2) is 6.47. The van der Waals surface area contributed by atoms with Gasteiger partial charge in [-0.15, -0.1) is 0 Å². The Morgan fingerprint density at radius 1 is 1.46 bits per heavy atom. The highest BCUT2D eigenvalue weighted by molar-refractivity contribution is 5.93. The minimum absolute atomic E-state index is 0.0653. The molecule has 2 aliphatic rings. The van der Waals surface area contributed by atoms with Gasteiger partial charge in [0.05, 0.1) is 0 Å². The molecule has 7 heteroatoms. The van der Waals surface area contributed by atoms with E-state index >= 15 is 0 Å². The molecule has 1 aromatic rings. The van der Waals surface area contributed by atoms with Crippen LogP contribution in [0.5, 0.6) is 0 Å². The molecule has 0 spiro atoms. The first-order chi connectivity index (χ1) is 11.4. The van der Waals surface area contributed by atoms with Crippen LogP contribution in [0, 0.1) is 5.41 Å². The van der Waals surface area contributed by atoms with Gasteiger partial charge in [0.2, 0.25) is 0 Å². The summed E-state index contributed by atoms with van der Waals surface area (Å²) in [5, 5.41) is 13.1. The van der Waals surface area contributed by atoms with E-state index in [4.69, 9.17) is 0 Å². The maximum absolute atomic E-state index is 12.8. The Labute approximate surface area is 141 Å². The lowest BCUT2D eigenvalue weighted by Gasteiger charge is -2.48. The number of amides is 1. The fourth-order valence-electron chi connectivity index (χ4n) is 3.75. The summed E-state index contributed by atoms with van der Waals surface area (Å²) in [5.41, 5.74) is -0.545. The van der Waals surface area contributed by atoms with Crippen LogP contribution in [0.25, 0.3) is 0 Å². The van der Waals surface area contributed by atoms with E-state index < -0.39 is 11.4 Å². The summed E-state index contributed by atoms with van der Waals surface area (Å²) < 4.78 is 0. The number of carboxylic acid groups (broad SMARTS) is 1. The predicted octanol–water partition coefficient (Wildman–Crippen LogP) is 1.27. The van der Waals surface area contributed by atoms with Gasteiger partial charge in [0.1, 0.15) is 16.9 Å². The summed E-state index contributed by atoms with van der Waals surface area (Å²) in [4.78, 5) is 35.0. The number of piperidine rings is 2. The van der Waals surface area contributed by atoms with Crippen molar-refractivity contribution in [2.24, 2.45) is 5.41 Å². The zero-order valence-corrected chi connectivity index (χ0v) is 14.2. The molecule has 1 amide bonds. The Hall–Kier alpha value is -2.02. The van der Waals surface area contributed by atoms with Crippen molar-refractivity contribution >= 4 is 11.9 Å². The van der Waals surface area contributed by atoms with Gasteiger partial charge in [0.15, 0.2) is 0 Å². The van der Waals surface area contributed by atoms with Crippen molar-refractivity contribution in [3.63, 3.8) is 0 Å². The zero-order valence-electron chi connectivity index (χ0n) is 14.2. The van der Waals surface area contributed by atoms with Gasteiger partial charge in [0, 0.05) is 31.2 Å². The third-order valence-corrected chi connectivity index (χ3v) is 5.14. The number of nitrogens with zero attached hydrogens (tertiary/aromatic N) is 3. The number of carbonyl (C=O) groups excluding carboxylic acids is 1. The van der Waals surface area contributed by atoms with Crippen molar-refractivity contribution in [1.82, 2.24) is 20.2 Å². The number of hydrogen-bond acceptors (Lipinski definition) is 5. The second-order valence-electron chi connectivity index (χ2n) is 7.04. The van der Waals surface area contributed by atoms with E-state index in [2.05, 4.69) is 15.3 Å². The first kappa shape index (κ1) is 16.8. The molecule has 1 aromatic heterocycles. The molecule has 0 bridgehead atoms. The molecule has 0 unspecified atom stereocenters. The number of carbonyl (C=O) groups is 2. The van der Waals surface area contributed by atoms with Crippen LogP contribution in [0.15, 0.2) is 12.3 Å². The van der Waals surface area contributed by atoms with Gasteiger partial charge in [-0.25, -0.2) is 9.97 Å². The van der Waals surface area contributed by atoms with E-state index in [-0.39, 0.29) is 24.4 Å². The number of hydrogen-bond donors (Lipinski definition) is 2. The molecule has 3 heterocycles. The molecule has 2 fully saturated rings. The maximum atomic E-state index is 12.8. The standard InChI is InChI=1S/C17H24N4O3/c1-11(2)14-19-8-4-12(20-14)15(22)21-9-5-13-17(10-21,16(23)24)6-3-7-18-13/h4,8,11,13,18H,3,5-7,9-10H2,1-2H3,(H,23,24)/t13-,17+/m0/s1. The smallest absolute Gasteiger partial charge is 0.313 e. The molecule has 2 atom stereocenters. The summed E-state index contributed by atoms with van der Waals surface area (Å²) in [6.07, 6.45) is 3.66. The minimum atomic E-state index is -0.889. The highest BCUT2D eigenvalue weighted by Gasteiger charge is 2.51. The summed E-state index contributed by atoms with van der Waals surface area (Å²) >= 11 is 0. The Bertz CT molecular complexity index is 648. The highest BCUT2D eigenvalue weighted by Crippen LogP contribution is 2.38. The molecule has 24 heavy (non-hydrogen) atoms. The van der Waals surface area contributed by atoms with E-state index in [0.29, 0.717) is 30.9 Å². The number of rotatable bonds is 3. The fourth-order valence-corrected chi connectivity index (χ4v) is 3.75. The van der Waals surface area contributed by atoms with Crippen LogP contribution in [-0.4, -0.2) is 57.5 Å². The van der Waals surface area contributed by atoms with Gasteiger partial charge in [-0.1, -0.05) is 13.8 Å². The summed E-state index contributed by atoms with van der Waals surface area (Å²) in [6.45, 7) is 5.58. The van der Waals surface area contributed by atoms with E-state index in [1.165, 1.54) is 0 Å². The van der Waals surface area contributed by atoms with Crippen LogP contribution in [0.4, 0.5) is 0 Å². The number of nitrogens with one attached hydrogen (secondary N) is 1. The molecular formula is C17H24N4O3. The number of aliphatic carboxylic acids is 1. The third kappa shape index (κ3) is 2.88. The normalized spacial score (nSPS) is 27.0. The molecule has 2 saturated heterocycles. The van der Waals surface area contributed by atoms with Gasteiger partial charge < -0.3 is 15.3 Å². The van der Waals surface area contributed by atoms with Crippen molar-refractivity contribution in [3.8, 4) is 0 Å². The predicted molar refractivity (Wildman–Crippen MR) is 87.7 cm³/mol. The Kier molecular flexibility index (Phi) is 4.54. The molecule has 0 aromatic carbocycles. The first-order valence-electron chi connectivity index (χ1n) is 8.53. The summed E-state index contributed by atoms with van der Waals surface area (Å²) in [5.74, 6) is -0.258. The molecule has 0 aliphatic carbocycles. The highest BCUT2D eigenvalue weighted by atomic mass is 16.4. The van der Waals surface area contributed by atoms with Gasteiger partial charge in [-0.05, 0) is 31.9 Å². The summed E-state index contributed by atoms with van der Waals surface area (Å²) in [6, 6.07) is 1.54. The third-order valence-electron chi connectivity index (χ3n) is 5.14. The molecule has 7 nitrogen and oxygen atoms in total. The Morgan fingerprint density at radius 3 is 2.96 bits per heavy atom. The average molecular weight is 332 g/mol. The lowest BCUT2D eigenvalue weighted by atomic mass is 9.70. The van der Waals surface area contributed by atoms with Crippen molar-refractivity contribution in [2.45, 2.75) is 45.1 Å². The van der Waals surface area contributed by atoms with Crippen LogP contribution in [0.2, 0.25) is 0 Å². The lowest BCUT2D eigenvalue weighted by molar-refractivity contribution is -0.156. The monoisotopic (exact) mass is 332 g/mol. The largest absolute Gasteiger partial charge is 0.481 e. The number of carboxylic acids is 1. The molecule has 2 N–H and O–H groups in total. The van der Waals surface area contributed by atoms with Crippen LogP contribution in [0.3, 0.4) is 0 Å². The van der Waals surface area contributed by atoms with Crippen LogP contribution >= 0.6 is 0 Å². The van der Waals surface area contributed by atoms with Crippen molar-refractivity contribution in [3.05, 3.63) is 23.8 Å². The molecule has 0 saturated carbocycles. The summed E-state index contributed by atoms with van der Waals surface area (Å²) in [7, 11) is 0. The van der Waals surface area contributed by atoms with Crippen molar-refractivity contribution in [1.29, 1.82) is 0 Å². The Balaban J connectivity index is 1.83. The molecule has 3 rings (SSSR count). The fraction of sp³-hybridized carbons (Fsp3) is 0.647.